The van der Waals surface area contributed by atoms with Crippen LogP contribution in [0.5, 0.6) is 5.75 Å². The van der Waals surface area contributed by atoms with Gasteiger partial charge in [-0.05, 0) is 55.3 Å². The van der Waals surface area contributed by atoms with Gasteiger partial charge in [-0.2, -0.15) is 0 Å². The minimum atomic E-state index is -0.614. The molecule has 0 saturated heterocycles. The molecule has 0 aliphatic heterocycles. The molecule has 1 unspecified atom stereocenters. The molecule has 0 fully saturated rings. The summed E-state index contributed by atoms with van der Waals surface area (Å²) >= 11 is 9.29. The van der Waals surface area contributed by atoms with Crippen LogP contribution in [0.2, 0.25) is 5.02 Å². The zero-order valence-electron chi connectivity index (χ0n) is 16.7. The third-order valence-corrected chi connectivity index (χ3v) is 5.22. The number of unbranched alkanes of at least 4 members (excludes halogenated alkanes) is 1. The van der Waals surface area contributed by atoms with Gasteiger partial charge in [0.25, 0.3) is 5.91 Å². The maximum Gasteiger partial charge on any atom is 0.261 e. The van der Waals surface area contributed by atoms with Crippen LogP contribution in [0, 0.1) is 0 Å². The predicted octanol–water partition coefficient (Wildman–Crippen LogP) is 4.81. The second-order valence-corrected chi connectivity index (χ2v) is 8.06. The molecule has 0 radical (unpaired) electrons. The average molecular weight is 482 g/mol. The monoisotopic (exact) mass is 480 g/mol. The maximum atomic E-state index is 12.9. The van der Waals surface area contributed by atoms with Gasteiger partial charge in [-0.3, -0.25) is 9.59 Å². The van der Waals surface area contributed by atoms with Crippen LogP contribution in [-0.2, 0) is 16.1 Å². The van der Waals surface area contributed by atoms with Gasteiger partial charge in [0.15, 0.2) is 6.61 Å². The first-order valence-electron chi connectivity index (χ1n) is 9.60. The van der Waals surface area contributed by atoms with Crippen molar-refractivity contribution in [1.82, 2.24) is 10.2 Å². The van der Waals surface area contributed by atoms with Crippen LogP contribution in [0.25, 0.3) is 0 Å². The Morgan fingerprint density at radius 2 is 1.79 bits per heavy atom. The van der Waals surface area contributed by atoms with Crippen molar-refractivity contribution in [2.45, 2.75) is 39.3 Å². The summed E-state index contributed by atoms with van der Waals surface area (Å²) in [4.78, 5) is 27.0. The molecular formula is C22H26BrClN2O3. The summed E-state index contributed by atoms with van der Waals surface area (Å²) in [5.41, 5.74) is 0.932. The van der Waals surface area contributed by atoms with Crippen LogP contribution in [0.4, 0.5) is 0 Å². The number of hydrogen-bond donors (Lipinski definition) is 1. The van der Waals surface area contributed by atoms with E-state index < -0.39 is 6.04 Å². The van der Waals surface area contributed by atoms with Gasteiger partial charge in [-0.1, -0.05) is 53.0 Å². The van der Waals surface area contributed by atoms with Gasteiger partial charge in [-0.25, -0.2) is 0 Å². The number of amides is 2. The van der Waals surface area contributed by atoms with Crippen molar-refractivity contribution >= 4 is 39.3 Å². The highest BCUT2D eigenvalue weighted by Gasteiger charge is 2.26. The van der Waals surface area contributed by atoms with Crippen molar-refractivity contribution in [3.63, 3.8) is 0 Å². The smallest absolute Gasteiger partial charge is 0.261 e. The number of nitrogens with one attached hydrogen (secondary N) is 1. The van der Waals surface area contributed by atoms with Crippen LogP contribution in [0.15, 0.2) is 53.0 Å². The Kier molecular flexibility index (Phi) is 9.48. The first kappa shape index (κ1) is 23.2. The summed E-state index contributed by atoms with van der Waals surface area (Å²) in [5.74, 6) is 0.114. The highest BCUT2D eigenvalue weighted by molar-refractivity contribution is 9.10. The van der Waals surface area contributed by atoms with Crippen LogP contribution in [-0.4, -0.2) is 35.9 Å². The lowest BCUT2D eigenvalue weighted by atomic mass is 10.1. The highest BCUT2D eigenvalue weighted by Crippen LogP contribution is 2.17. The van der Waals surface area contributed by atoms with E-state index >= 15 is 0 Å². The van der Waals surface area contributed by atoms with E-state index in [0.29, 0.717) is 23.9 Å². The number of ether oxygens (including phenoxy) is 1. The average Bonchev–Trinajstić information content (AvgIpc) is 2.72. The molecule has 156 valence electrons. The SMILES string of the molecule is CCCCNC(=O)C(C)N(Cc1ccc(Br)cc1)C(=O)COc1ccc(Cl)cc1. The molecule has 29 heavy (non-hydrogen) atoms. The summed E-state index contributed by atoms with van der Waals surface area (Å²) in [7, 11) is 0. The molecule has 2 aromatic rings. The molecule has 0 aliphatic carbocycles. The summed E-state index contributed by atoms with van der Waals surface area (Å²) < 4.78 is 6.55. The van der Waals surface area contributed by atoms with E-state index in [1.54, 1.807) is 36.1 Å². The molecule has 2 amide bonds. The molecule has 5 nitrogen and oxygen atoms in total. The van der Waals surface area contributed by atoms with E-state index in [-0.39, 0.29) is 18.4 Å². The van der Waals surface area contributed by atoms with E-state index in [9.17, 15) is 9.59 Å². The molecule has 0 bridgehead atoms. The van der Waals surface area contributed by atoms with E-state index in [2.05, 4.69) is 28.2 Å². The van der Waals surface area contributed by atoms with E-state index in [1.807, 2.05) is 24.3 Å². The van der Waals surface area contributed by atoms with Crippen molar-refractivity contribution in [1.29, 1.82) is 0 Å². The molecule has 0 saturated carbocycles. The number of nitrogens with zero attached hydrogens (tertiary/aromatic N) is 1. The minimum absolute atomic E-state index is 0.162. The molecule has 2 rings (SSSR count). The number of hydrogen-bond acceptors (Lipinski definition) is 3. The van der Waals surface area contributed by atoms with E-state index in [0.717, 1.165) is 22.9 Å². The topological polar surface area (TPSA) is 58.6 Å². The standard InChI is InChI=1S/C22H26BrClN2O3/c1-3-4-13-25-22(28)16(2)26(14-17-5-7-18(23)8-6-17)21(27)15-29-20-11-9-19(24)10-12-20/h5-12,16H,3-4,13-15H2,1-2H3,(H,25,28). The Bertz CT molecular complexity index is 797. The molecule has 1 atom stereocenters. The lowest BCUT2D eigenvalue weighted by Gasteiger charge is -2.28. The van der Waals surface area contributed by atoms with Gasteiger partial charge in [0.2, 0.25) is 5.91 Å². The number of benzene rings is 2. The quantitative estimate of drug-likeness (QED) is 0.495. The Morgan fingerprint density at radius 1 is 1.14 bits per heavy atom. The normalized spacial score (nSPS) is 11.6. The van der Waals surface area contributed by atoms with Crippen molar-refractivity contribution < 1.29 is 14.3 Å². The van der Waals surface area contributed by atoms with Gasteiger partial charge in [-0.15, -0.1) is 0 Å². The zero-order chi connectivity index (χ0) is 21.2. The third-order valence-electron chi connectivity index (χ3n) is 4.44. The van der Waals surface area contributed by atoms with Crippen LogP contribution < -0.4 is 10.1 Å². The number of rotatable bonds is 10. The van der Waals surface area contributed by atoms with Gasteiger partial charge in [0.05, 0.1) is 0 Å². The fourth-order valence-corrected chi connectivity index (χ4v) is 3.05. The van der Waals surface area contributed by atoms with Gasteiger partial charge in [0, 0.05) is 22.6 Å². The number of carbonyl (C=O) groups is 2. The van der Waals surface area contributed by atoms with Crippen molar-refractivity contribution in [2.24, 2.45) is 0 Å². The highest BCUT2D eigenvalue weighted by atomic mass is 79.9. The lowest BCUT2D eigenvalue weighted by Crippen LogP contribution is -2.49. The van der Waals surface area contributed by atoms with Gasteiger partial charge < -0.3 is 15.0 Å². The summed E-state index contributed by atoms with van der Waals surface area (Å²) in [6.45, 7) is 4.55. The second-order valence-electron chi connectivity index (χ2n) is 6.71. The van der Waals surface area contributed by atoms with E-state index in [1.165, 1.54) is 0 Å². The van der Waals surface area contributed by atoms with Gasteiger partial charge in [0.1, 0.15) is 11.8 Å². The maximum absolute atomic E-state index is 12.9. The minimum Gasteiger partial charge on any atom is -0.484 e. The Labute approximate surface area is 185 Å². The third kappa shape index (κ3) is 7.71. The predicted molar refractivity (Wildman–Crippen MR) is 119 cm³/mol. The summed E-state index contributed by atoms with van der Waals surface area (Å²) in [5, 5.41) is 3.49. The van der Waals surface area contributed by atoms with Crippen molar-refractivity contribution in [3.8, 4) is 5.75 Å². The molecule has 1 N–H and O–H groups in total. The van der Waals surface area contributed by atoms with Crippen LogP contribution in [0.3, 0.4) is 0 Å². The fourth-order valence-electron chi connectivity index (χ4n) is 2.66. The fraction of sp³-hybridized carbons (Fsp3) is 0.364. The molecule has 0 aromatic heterocycles. The summed E-state index contributed by atoms with van der Waals surface area (Å²) in [6.07, 6.45) is 1.89. The molecule has 0 heterocycles. The zero-order valence-corrected chi connectivity index (χ0v) is 19.0. The van der Waals surface area contributed by atoms with E-state index in [4.69, 9.17) is 16.3 Å². The number of halogens is 2. The molecule has 7 heteroatoms. The molecule has 0 spiro atoms. The van der Waals surface area contributed by atoms with Crippen LogP contribution in [0.1, 0.15) is 32.3 Å². The van der Waals surface area contributed by atoms with Crippen molar-refractivity contribution in [3.05, 3.63) is 63.6 Å². The largest absolute Gasteiger partial charge is 0.484 e. The number of carbonyl (C=O) groups excluding carboxylic acids is 2. The molecule has 0 aliphatic rings. The Morgan fingerprint density at radius 3 is 2.41 bits per heavy atom. The van der Waals surface area contributed by atoms with Crippen molar-refractivity contribution in [2.75, 3.05) is 13.2 Å². The first-order valence-corrected chi connectivity index (χ1v) is 10.8. The lowest BCUT2D eigenvalue weighted by molar-refractivity contribution is -0.142. The first-order chi connectivity index (χ1) is 13.9. The molecule has 2 aromatic carbocycles. The van der Waals surface area contributed by atoms with Gasteiger partial charge >= 0.3 is 0 Å². The summed E-state index contributed by atoms with van der Waals surface area (Å²) in [6, 6.07) is 13.9. The molecular weight excluding hydrogens is 456 g/mol. The van der Waals surface area contributed by atoms with Crippen LogP contribution >= 0.6 is 27.5 Å². The second kappa shape index (κ2) is 11.8. The Balaban J connectivity index is 2.08. The Hall–Kier alpha value is -2.05.